The number of rotatable bonds is 4. The highest BCUT2D eigenvalue weighted by Gasteiger charge is 2.24. The first-order chi connectivity index (χ1) is 10.4. The molecule has 1 unspecified atom stereocenters. The van der Waals surface area contributed by atoms with Crippen LogP contribution < -0.4 is 5.32 Å². The molecule has 1 aromatic heterocycles. The lowest BCUT2D eigenvalue weighted by atomic mass is 9.77. The van der Waals surface area contributed by atoms with Gasteiger partial charge in [0.25, 0.3) is 0 Å². The first-order valence-corrected chi connectivity index (χ1v) is 7.52. The van der Waals surface area contributed by atoms with Crippen molar-refractivity contribution in [1.82, 2.24) is 10.3 Å². The Labute approximate surface area is 124 Å². The minimum absolute atomic E-state index is 0.684. The first kappa shape index (κ1) is 12.5. The van der Waals surface area contributed by atoms with Crippen LogP contribution in [-0.4, -0.2) is 11.5 Å². The highest BCUT2D eigenvalue weighted by atomic mass is 14.9. The third-order valence-electron chi connectivity index (χ3n) is 4.35. The number of hydrogen-bond donors (Lipinski definition) is 1. The fourth-order valence-corrected chi connectivity index (χ4v) is 3.17. The summed E-state index contributed by atoms with van der Waals surface area (Å²) in [5.41, 5.74) is 5.42. The highest BCUT2D eigenvalue weighted by molar-refractivity contribution is 5.78. The Morgan fingerprint density at radius 1 is 1.05 bits per heavy atom. The Bertz CT molecular complexity index is 779. The number of nitrogens with one attached hydrogen (secondary N) is 1. The lowest BCUT2D eigenvalue weighted by Crippen LogP contribution is -2.28. The number of hydrogen-bond acceptors (Lipinski definition) is 2. The van der Waals surface area contributed by atoms with E-state index in [0.717, 1.165) is 18.6 Å². The Morgan fingerprint density at radius 3 is 2.95 bits per heavy atom. The molecule has 0 spiro atoms. The molecule has 2 heteroatoms. The molecule has 21 heavy (non-hydrogen) atoms. The summed E-state index contributed by atoms with van der Waals surface area (Å²) in [4.78, 5) is 4.36. The summed E-state index contributed by atoms with van der Waals surface area (Å²) in [6.45, 7) is 1.98. The van der Waals surface area contributed by atoms with Gasteiger partial charge in [0, 0.05) is 30.6 Å². The Kier molecular flexibility index (Phi) is 3.17. The third-order valence-corrected chi connectivity index (χ3v) is 4.35. The monoisotopic (exact) mass is 274 g/mol. The first-order valence-electron chi connectivity index (χ1n) is 7.52. The van der Waals surface area contributed by atoms with E-state index in [9.17, 15) is 0 Å². The molecule has 3 aromatic rings. The van der Waals surface area contributed by atoms with Gasteiger partial charge < -0.3 is 5.32 Å². The van der Waals surface area contributed by atoms with Crippen LogP contribution in [0.25, 0.3) is 10.9 Å². The largest absolute Gasteiger partial charge is 0.312 e. The maximum atomic E-state index is 4.36. The summed E-state index contributed by atoms with van der Waals surface area (Å²) in [7, 11) is 0. The standard InChI is InChI=1S/C19H18N2/c1-2-6-18-15(4-1)11-17(18)13-20-12-14-7-8-19-16(10-14)5-3-9-21-19/h1-10,17,20H,11-13H2. The summed E-state index contributed by atoms with van der Waals surface area (Å²) >= 11 is 0. The topological polar surface area (TPSA) is 24.9 Å². The molecule has 4 rings (SSSR count). The molecule has 0 radical (unpaired) electrons. The van der Waals surface area contributed by atoms with Crippen molar-refractivity contribution >= 4 is 10.9 Å². The van der Waals surface area contributed by atoms with Gasteiger partial charge in [0.1, 0.15) is 0 Å². The van der Waals surface area contributed by atoms with E-state index in [1.165, 1.54) is 28.5 Å². The average molecular weight is 274 g/mol. The third kappa shape index (κ3) is 2.43. The minimum Gasteiger partial charge on any atom is -0.312 e. The Balaban J connectivity index is 1.39. The van der Waals surface area contributed by atoms with Gasteiger partial charge in [-0.15, -0.1) is 0 Å². The van der Waals surface area contributed by atoms with Crippen LogP contribution in [0, 0.1) is 0 Å². The predicted molar refractivity (Wildman–Crippen MR) is 86.3 cm³/mol. The SMILES string of the molecule is c1ccc2c(c1)CC2CNCc1ccc2ncccc2c1. The second-order valence-corrected chi connectivity index (χ2v) is 5.76. The maximum absolute atomic E-state index is 4.36. The number of nitrogens with zero attached hydrogens (tertiary/aromatic N) is 1. The van der Waals surface area contributed by atoms with Gasteiger partial charge in [-0.1, -0.05) is 36.4 Å². The molecule has 0 aliphatic heterocycles. The van der Waals surface area contributed by atoms with Gasteiger partial charge in [-0.3, -0.25) is 4.98 Å². The van der Waals surface area contributed by atoms with E-state index in [-0.39, 0.29) is 0 Å². The normalized spacial score (nSPS) is 16.5. The van der Waals surface area contributed by atoms with Crippen molar-refractivity contribution in [3.63, 3.8) is 0 Å². The summed E-state index contributed by atoms with van der Waals surface area (Å²) in [5, 5.41) is 4.80. The number of fused-ring (bicyclic) bond motifs is 2. The quantitative estimate of drug-likeness (QED) is 0.785. The van der Waals surface area contributed by atoms with Crippen LogP contribution in [0.15, 0.2) is 60.8 Å². The van der Waals surface area contributed by atoms with E-state index in [2.05, 4.69) is 58.8 Å². The van der Waals surface area contributed by atoms with E-state index < -0.39 is 0 Å². The molecule has 1 N–H and O–H groups in total. The zero-order valence-electron chi connectivity index (χ0n) is 11.9. The van der Waals surface area contributed by atoms with Crippen LogP contribution >= 0.6 is 0 Å². The molecule has 0 saturated carbocycles. The minimum atomic E-state index is 0.684. The molecule has 0 amide bonds. The zero-order chi connectivity index (χ0) is 14.1. The van der Waals surface area contributed by atoms with Crippen molar-refractivity contribution in [3.05, 3.63) is 77.5 Å². The van der Waals surface area contributed by atoms with E-state index in [0.29, 0.717) is 5.92 Å². The van der Waals surface area contributed by atoms with Crippen molar-refractivity contribution in [3.8, 4) is 0 Å². The van der Waals surface area contributed by atoms with Crippen molar-refractivity contribution in [2.45, 2.75) is 18.9 Å². The molecular weight excluding hydrogens is 256 g/mol. The Hall–Kier alpha value is -2.19. The summed E-state index contributed by atoms with van der Waals surface area (Å²) in [6, 6.07) is 19.4. The number of aromatic nitrogens is 1. The summed E-state index contributed by atoms with van der Waals surface area (Å²) in [6.07, 6.45) is 3.05. The van der Waals surface area contributed by atoms with Gasteiger partial charge in [-0.05, 0) is 41.3 Å². The smallest absolute Gasteiger partial charge is 0.0702 e. The average Bonchev–Trinajstić information content (AvgIpc) is 2.51. The van der Waals surface area contributed by atoms with E-state index in [4.69, 9.17) is 0 Å². The van der Waals surface area contributed by atoms with Gasteiger partial charge in [-0.2, -0.15) is 0 Å². The number of benzene rings is 2. The molecule has 1 atom stereocenters. The highest BCUT2D eigenvalue weighted by Crippen LogP contribution is 2.34. The van der Waals surface area contributed by atoms with Crippen LogP contribution in [-0.2, 0) is 13.0 Å². The lowest BCUT2D eigenvalue weighted by molar-refractivity contribution is 0.536. The van der Waals surface area contributed by atoms with E-state index >= 15 is 0 Å². The molecular formula is C19H18N2. The van der Waals surface area contributed by atoms with Gasteiger partial charge in [0.15, 0.2) is 0 Å². The van der Waals surface area contributed by atoms with Gasteiger partial charge >= 0.3 is 0 Å². The van der Waals surface area contributed by atoms with Gasteiger partial charge in [0.2, 0.25) is 0 Å². The van der Waals surface area contributed by atoms with E-state index in [1.807, 2.05) is 12.3 Å². The van der Waals surface area contributed by atoms with Crippen molar-refractivity contribution < 1.29 is 0 Å². The second kappa shape index (κ2) is 5.30. The number of pyridine rings is 1. The molecule has 0 bridgehead atoms. The second-order valence-electron chi connectivity index (χ2n) is 5.76. The van der Waals surface area contributed by atoms with Crippen LogP contribution in [0.5, 0.6) is 0 Å². The van der Waals surface area contributed by atoms with Gasteiger partial charge in [0.05, 0.1) is 5.52 Å². The fourth-order valence-electron chi connectivity index (χ4n) is 3.17. The van der Waals surface area contributed by atoms with Crippen LogP contribution in [0.4, 0.5) is 0 Å². The fraction of sp³-hybridized carbons (Fsp3) is 0.211. The van der Waals surface area contributed by atoms with E-state index in [1.54, 1.807) is 0 Å². The molecule has 1 aliphatic rings. The molecule has 104 valence electrons. The van der Waals surface area contributed by atoms with Crippen molar-refractivity contribution in [2.75, 3.05) is 6.54 Å². The van der Waals surface area contributed by atoms with Crippen LogP contribution in [0.3, 0.4) is 0 Å². The molecule has 2 aromatic carbocycles. The van der Waals surface area contributed by atoms with Crippen molar-refractivity contribution in [1.29, 1.82) is 0 Å². The molecule has 2 nitrogen and oxygen atoms in total. The van der Waals surface area contributed by atoms with Crippen LogP contribution in [0.2, 0.25) is 0 Å². The van der Waals surface area contributed by atoms with Gasteiger partial charge in [-0.25, -0.2) is 0 Å². The Morgan fingerprint density at radius 2 is 2.00 bits per heavy atom. The van der Waals surface area contributed by atoms with Crippen LogP contribution in [0.1, 0.15) is 22.6 Å². The zero-order valence-corrected chi connectivity index (χ0v) is 11.9. The predicted octanol–water partition coefficient (Wildman–Crippen LogP) is 3.66. The maximum Gasteiger partial charge on any atom is 0.0702 e. The molecule has 0 saturated heterocycles. The molecule has 1 heterocycles. The summed E-state index contributed by atoms with van der Waals surface area (Å²) < 4.78 is 0. The molecule has 0 fully saturated rings. The summed E-state index contributed by atoms with van der Waals surface area (Å²) in [5.74, 6) is 0.684. The molecule has 1 aliphatic carbocycles. The van der Waals surface area contributed by atoms with Crippen molar-refractivity contribution in [2.24, 2.45) is 0 Å². The lowest BCUT2D eigenvalue weighted by Gasteiger charge is -2.30.